The molecular formula is C8H10N4S2. The van der Waals surface area contributed by atoms with Crippen LogP contribution in [0.2, 0.25) is 0 Å². The molecule has 2 rings (SSSR count). The van der Waals surface area contributed by atoms with E-state index in [0.717, 1.165) is 26.8 Å². The van der Waals surface area contributed by atoms with E-state index in [-0.39, 0.29) is 0 Å². The molecule has 0 aliphatic carbocycles. The van der Waals surface area contributed by atoms with Crippen LogP contribution in [0.25, 0.3) is 0 Å². The normalized spacial score (nSPS) is 10.7. The lowest BCUT2D eigenvalue weighted by Gasteiger charge is -1.95. The van der Waals surface area contributed by atoms with Gasteiger partial charge in [-0.3, -0.25) is 10.2 Å². The zero-order valence-corrected chi connectivity index (χ0v) is 9.55. The molecule has 74 valence electrons. The first-order chi connectivity index (χ1) is 6.66. The van der Waals surface area contributed by atoms with Gasteiger partial charge in [-0.2, -0.15) is 10.2 Å². The minimum absolute atomic E-state index is 0.721. The van der Waals surface area contributed by atoms with Crippen LogP contribution in [0.3, 0.4) is 0 Å². The monoisotopic (exact) mass is 226 g/mol. The summed E-state index contributed by atoms with van der Waals surface area (Å²) in [5.41, 5.74) is 3.34. The summed E-state index contributed by atoms with van der Waals surface area (Å²) in [6, 6.07) is 0. The molecule has 2 aromatic heterocycles. The van der Waals surface area contributed by atoms with Crippen LogP contribution in [0.15, 0.2) is 0 Å². The topological polar surface area (TPSA) is 57.4 Å². The number of rotatable bonds is 2. The second kappa shape index (κ2) is 3.62. The standard InChI is InChI=1S/C8H10N4S2/c1-4-6(5(2)10-9-4)3-7-11-12-8(13)14-7/h3H2,1-2H3,(H,9,10)(H,12,13). The lowest BCUT2D eigenvalue weighted by atomic mass is 10.1. The van der Waals surface area contributed by atoms with Crippen LogP contribution in [-0.4, -0.2) is 20.4 Å². The van der Waals surface area contributed by atoms with Crippen LogP contribution in [0.5, 0.6) is 0 Å². The van der Waals surface area contributed by atoms with Crippen LogP contribution in [0.4, 0.5) is 0 Å². The fraction of sp³-hybridized carbons (Fsp3) is 0.375. The van der Waals surface area contributed by atoms with Gasteiger partial charge in [0.2, 0.25) is 0 Å². The predicted molar refractivity (Wildman–Crippen MR) is 58.2 cm³/mol. The Bertz CT molecular complexity index is 474. The van der Waals surface area contributed by atoms with E-state index in [1.54, 1.807) is 0 Å². The molecule has 0 aliphatic rings. The van der Waals surface area contributed by atoms with Crippen LogP contribution in [0.1, 0.15) is 22.0 Å². The first kappa shape index (κ1) is 9.54. The van der Waals surface area contributed by atoms with E-state index in [9.17, 15) is 0 Å². The van der Waals surface area contributed by atoms with Crippen molar-refractivity contribution < 1.29 is 0 Å². The number of hydrogen-bond acceptors (Lipinski definition) is 4. The van der Waals surface area contributed by atoms with E-state index in [1.807, 2.05) is 13.8 Å². The quantitative estimate of drug-likeness (QED) is 0.771. The van der Waals surface area contributed by atoms with E-state index < -0.39 is 0 Å². The van der Waals surface area contributed by atoms with Crippen molar-refractivity contribution in [2.75, 3.05) is 0 Å². The third-order valence-corrected chi connectivity index (χ3v) is 3.18. The molecule has 0 bridgehead atoms. The van der Waals surface area contributed by atoms with Gasteiger partial charge >= 0.3 is 0 Å². The van der Waals surface area contributed by atoms with Gasteiger partial charge in [-0.25, -0.2) is 0 Å². The molecule has 0 radical (unpaired) electrons. The molecule has 2 heterocycles. The highest BCUT2D eigenvalue weighted by atomic mass is 32.1. The number of aromatic amines is 2. The smallest absolute Gasteiger partial charge is 0.176 e. The van der Waals surface area contributed by atoms with E-state index in [1.165, 1.54) is 16.9 Å². The molecule has 6 heteroatoms. The summed E-state index contributed by atoms with van der Waals surface area (Å²) in [5.74, 6) is 0. The van der Waals surface area contributed by atoms with E-state index in [4.69, 9.17) is 12.2 Å². The number of aryl methyl sites for hydroxylation is 2. The maximum atomic E-state index is 4.97. The van der Waals surface area contributed by atoms with Gasteiger partial charge in [0.05, 0.1) is 5.69 Å². The second-order valence-corrected chi connectivity index (χ2v) is 4.85. The highest BCUT2D eigenvalue weighted by molar-refractivity contribution is 7.73. The number of H-pyrrole nitrogens is 2. The predicted octanol–water partition coefficient (Wildman–Crippen LogP) is 2.13. The molecule has 2 aromatic rings. The van der Waals surface area contributed by atoms with Crippen molar-refractivity contribution in [3.05, 3.63) is 25.9 Å². The van der Waals surface area contributed by atoms with Gasteiger partial charge in [-0.15, -0.1) is 0 Å². The lowest BCUT2D eigenvalue weighted by molar-refractivity contribution is 0.987. The van der Waals surface area contributed by atoms with Gasteiger partial charge in [0.25, 0.3) is 0 Å². The molecular weight excluding hydrogens is 216 g/mol. The van der Waals surface area contributed by atoms with E-state index in [2.05, 4.69) is 20.4 Å². The van der Waals surface area contributed by atoms with Crippen molar-refractivity contribution in [1.82, 2.24) is 20.4 Å². The second-order valence-electron chi connectivity index (χ2n) is 3.10. The van der Waals surface area contributed by atoms with Gasteiger partial charge in [-0.1, -0.05) is 11.3 Å². The fourth-order valence-electron chi connectivity index (χ4n) is 1.32. The van der Waals surface area contributed by atoms with Gasteiger partial charge < -0.3 is 0 Å². The summed E-state index contributed by atoms with van der Waals surface area (Å²) in [4.78, 5) is 0. The van der Waals surface area contributed by atoms with Crippen molar-refractivity contribution in [1.29, 1.82) is 0 Å². The zero-order chi connectivity index (χ0) is 10.1. The molecule has 0 spiro atoms. The maximum absolute atomic E-state index is 4.97. The molecule has 0 fully saturated rings. The number of hydrogen-bond donors (Lipinski definition) is 2. The van der Waals surface area contributed by atoms with Crippen LogP contribution in [0, 0.1) is 17.8 Å². The minimum atomic E-state index is 0.721. The third kappa shape index (κ3) is 1.76. The Morgan fingerprint density at radius 1 is 1.29 bits per heavy atom. The lowest BCUT2D eigenvalue weighted by Crippen LogP contribution is -1.90. The third-order valence-electron chi connectivity index (χ3n) is 2.09. The SMILES string of the molecule is Cc1n[nH]c(C)c1Cc1n[nH]c(=S)s1. The summed E-state index contributed by atoms with van der Waals surface area (Å²) < 4.78 is 0.721. The van der Waals surface area contributed by atoms with Crippen LogP contribution < -0.4 is 0 Å². The Morgan fingerprint density at radius 3 is 2.57 bits per heavy atom. The zero-order valence-electron chi connectivity index (χ0n) is 7.92. The Labute approximate surface area is 90.4 Å². The average Bonchev–Trinajstić information content (AvgIpc) is 2.67. The van der Waals surface area contributed by atoms with Crippen molar-refractivity contribution >= 4 is 23.6 Å². The molecule has 0 saturated carbocycles. The highest BCUT2D eigenvalue weighted by Gasteiger charge is 2.08. The molecule has 2 N–H and O–H groups in total. The molecule has 0 atom stereocenters. The highest BCUT2D eigenvalue weighted by Crippen LogP contribution is 2.16. The fourth-order valence-corrected chi connectivity index (χ4v) is 2.27. The molecule has 4 nitrogen and oxygen atoms in total. The Hall–Kier alpha value is -1.01. The number of aromatic nitrogens is 4. The molecule has 0 amide bonds. The Morgan fingerprint density at radius 2 is 2.07 bits per heavy atom. The molecule has 0 saturated heterocycles. The van der Waals surface area contributed by atoms with Crippen molar-refractivity contribution in [3.63, 3.8) is 0 Å². The molecule has 14 heavy (non-hydrogen) atoms. The Balaban J connectivity index is 2.31. The van der Waals surface area contributed by atoms with Crippen LogP contribution >= 0.6 is 23.6 Å². The Kier molecular flexibility index (Phi) is 2.47. The minimum Gasteiger partial charge on any atom is -0.282 e. The average molecular weight is 226 g/mol. The van der Waals surface area contributed by atoms with Gasteiger partial charge in [0.15, 0.2) is 3.95 Å². The summed E-state index contributed by atoms with van der Waals surface area (Å²) in [6.07, 6.45) is 0.798. The van der Waals surface area contributed by atoms with Crippen molar-refractivity contribution in [3.8, 4) is 0 Å². The van der Waals surface area contributed by atoms with Gasteiger partial charge in [0.1, 0.15) is 5.01 Å². The number of nitrogens with one attached hydrogen (secondary N) is 2. The largest absolute Gasteiger partial charge is 0.282 e. The summed E-state index contributed by atoms with van der Waals surface area (Å²) >= 11 is 6.48. The summed E-state index contributed by atoms with van der Waals surface area (Å²) in [7, 11) is 0. The molecule has 0 aromatic carbocycles. The van der Waals surface area contributed by atoms with Crippen LogP contribution in [-0.2, 0) is 6.42 Å². The van der Waals surface area contributed by atoms with Gasteiger partial charge in [-0.05, 0) is 26.1 Å². The first-order valence-corrected chi connectivity index (χ1v) is 5.44. The number of nitrogens with zero attached hydrogens (tertiary/aromatic N) is 2. The van der Waals surface area contributed by atoms with Crippen molar-refractivity contribution in [2.45, 2.75) is 20.3 Å². The van der Waals surface area contributed by atoms with E-state index in [0.29, 0.717) is 0 Å². The molecule has 0 unspecified atom stereocenters. The van der Waals surface area contributed by atoms with E-state index >= 15 is 0 Å². The summed E-state index contributed by atoms with van der Waals surface area (Å²) in [5, 5.41) is 15.0. The van der Waals surface area contributed by atoms with Crippen molar-refractivity contribution in [2.24, 2.45) is 0 Å². The summed E-state index contributed by atoms with van der Waals surface area (Å²) in [6.45, 7) is 4.01. The maximum Gasteiger partial charge on any atom is 0.176 e. The molecule has 0 aliphatic heterocycles. The first-order valence-electron chi connectivity index (χ1n) is 4.21. The van der Waals surface area contributed by atoms with Gasteiger partial charge in [0, 0.05) is 17.7 Å².